The van der Waals surface area contributed by atoms with E-state index in [1.54, 1.807) is 4.90 Å². The SMILES string of the molecule is CC(C)(C)OC(=O)[C@]1(C)CC[C@H](C(=O)N2CCC(=O)CC2)C1(C)C. The highest BCUT2D eigenvalue weighted by Crippen LogP contribution is 2.57. The topological polar surface area (TPSA) is 63.7 Å². The van der Waals surface area contributed by atoms with Crippen molar-refractivity contribution in [1.29, 1.82) is 0 Å². The first-order valence-corrected chi connectivity index (χ1v) is 8.92. The lowest BCUT2D eigenvalue weighted by Crippen LogP contribution is -2.49. The summed E-state index contributed by atoms with van der Waals surface area (Å²) in [5, 5.41) is 0. The van der Waals surface area contributed by atoms with Crippen molar-refractivity contribution in [3.8, 4) is 0 Å². The maximum atomic E-state index is 13.0. The van der Waals surface area contributed by atoms with E-state index in [2.05, 4.69) is 0 Å². The summed E-state index contributed by atoms with van der Waals surface area (Å²) in [5.41, 5.74) is -1.69. The van der Waals surface area contributed by atoms with E-state index in [1.807, 2.05) is 41.5 Å². The smallest absolute Gasteiger partial charge is 0.312 e. The summed E-state index contributed by atoms with van der Waals surface area (Å²) in [5.74, 6) is -0.115. The Morgan fingerprint density at radius 3 is 2.17 bits per heavy atom. The van der Waals surface area contributed by atoms with E-state index in [4.69, 9.17) is 4.74 Å². The van der Waals surface area contributed by atoms with Gasteiger partial charge in [-0.25, -0.2) is 0 Å². The van der Waals surface area contributed by atoms with Gasteiger partial charge in [-0.3, -0.25) is 14.4 Å². The van der Waals surface area contributed by atoms with E-state index in [-0.39, 0.29) is 23.6 Å². The highest BCUT2D eigenvalue weighted by atomic mass is 16.6. The number of likely N-dealkylation sites (tertiary alicyclic amines) is 1. The van der Waals surface area contributed by atoms with Crippen molar-refractivity contribution in [3.05, 3.63) is 0 Å². The van der Waals surface area contributed by atoms with E-state index in [1.165, 1.54) is 0 Å². The molecule has 0 spiro atoms. The number of Topliss-reactive ketones (excluding diaryl/α,β-unsaturated/α-hetero) is 1. The molecule has 2 atom stereocenters. The van der Waals surface area contributed by atoms with Gasteiger partial charge in [-0.1, -0.05) is 13.8 Å². The van der Waals surface area contributed by atoms with Gasteiger partial charge in [0.2, 0.25) is 5.91 Å². The number of carbonyl (C=O) groups excluding carboxylic acids is 3. The second-order valence-electron chi connectivity index (χ2n) is 9.01. The zero-order chi connectivity index (χ0) is 18.3. The number of amides is 1. The van der Waals surface area contributed by atoms with Gasteiger partial charge in [-0.15, -0.1) is 0 Å². The molecule has 1 saturated carbocycles. The Morgan fingerprint density at radius 1 is 1.12 bits per heavy atom. The van der Waals surface area contributed by atoms with Crippen molar-refractivity contribution in [2.24, 2.45) is 16.7 Å². The number of carbonyl (C=O) groups is 3. The zero-order valence-corrected chi connectivity index (χ0v) is 15.9. The van der Waals surface area contributed by atoms with Crippen LogP contribution in [0.1, 0.15) is 67.2 Å². The van der Waals surface area contributed by atoms with E-state index in [9.17, 15) is 14.4 Å². The van der Waals surface area contributed by atoms with Crippen molar-refractivity contribution < 1.29 is 19.1 Å². The second kappa shape index (κ2) is 6.16. The first-order chi connectivity index (χ1) is 10.9. The van der Waals surface area contributed by atoms with Crippen LogP contribution in [-0.2, 0) is 19.1 Å². The van der Waals surface area contributed by atoms with Crippen molar-refractivity contribution in [2.45, 2.75) is 72.8 Å². The average Bonchev–Trinajstić information content (AvgIpc) is 2.69. The molecule has 0 radical (unpaired) electrons. The highest BCUT2D eigenvalue weighted by molar-refractivity contribution is 5.87. The van der Waals surface area contributed by atoms with Gasteiger partial charge < -0.3 is 9.64 Å². The normalized spacial score (nSPS) is 30.3. The second-order valence-corrected chi connectivity index (χ2v) is 9.01. The molecule has 0 aromatic rings. The van der Waals surface area contributed by atoms with Crippen LogP contribution >= 0.6 is 0 Å². The van der Waals surface area contributed by atoms with Gasteiger partial charge in [0.15, 0.2) is 0 Å². The van der Waals surface area contributed by atoms with Gasteiger partial charge in [0.1, 0.15) is 11.4 Å². The Balaban J connectivity index is 2.16. The van der Waals surface area contributed by atoms with Gasteiger partial charge in [-0.2, -0.15) is 0 Å². The third-order valence-electron chi connectivity index (χ3n) is 6.01. The third-order valence-corrected chi connectivity index (χ3v) is 6.01. The lowest BCUT2D eigenvalue weighted by atomic mass is 9.65. The lowest BCUT2D eigenvalue weighted by Gasteiger charge is -2.42. The van der Waals surface area contributed by atoms with Crippen molar-refractivity contribution in [3.63, 3.8) is 0 Å². The fraction of sp³-hybridized carbons (Fsp3) is 0.842. The molecule has 2 aliphatic rings. The molecule has 1 amide bonds. The molecule has 2 fully saturated rings. The largest absolute Gasteiger partial charge is 0.460 e. The molecule has 1 aliphatic heterocycles. The van der Waals surface area contributed by atoms with Crippen LogP contribution in [0.5, 0.6) is 0 Å². The van der Waals surface area contributed by atoms with E-state index < -0.39 is 16.4 Å². The summed E-state index contributed by atoms with van der Waals surface area (Å²) < 4.78 is 5.64. The first kappa shape index (κ1) is 18.9. The quantitative estimate of drug-likeness (QED) is 0.727. The summed E-state index contributed by atoms with van der Waals surface area (Å²) in [4.78, 5) is 39.0. The molecule has 0 unspecified atom stereocenters. The van der Waals surface area contributed by atoms with Crippen LogP contribution in [0.15, 0.2) is 0 Å². The first-order valence-electron chi connectivity index (χ1n) is 8.92. The Kier molecular flexibility index (Phi) is 4.86. The Bertz CT molecular complexity index is 536. The Labute approximate surface area is 145 Å². The Hall–Kier alpha value is -1.39. The van der Waals surface area contributed by atoms with Gasteiger partial charge in [0.05, 0.1) is 5.41 Å². The molecule has 1 heterocycles. The summed E-state index contributed by atoms with van der Waals surface area (Å²) >= 11 is 0. The zero-order valence-electron chi connectivity index (χ0n) is 15.9. The van der Waals surface area contributed by atoms with Gasteiger partial charge in [0, 0.05) is 31.8 Å². The molecular formula is C19H31NO4. The molecule has 5 heteroatoms. The Morgan fingerprint density at radius 2 is 1.67 bits per heavy atom. The predicted octanol–water partition coefficient (Wildman–Crippen LogP) is 2.96. The third kappa shape index (κ3) is 3.35. The molecule has 0 N–H and O–H groups in total. The molecule has 2 rings (SSSR count). The number of esters is 1. The van der Waals surface area contributed by atoms with Crippen LogP contribution in [0.2, 0.25) is 0 Å². The number of ether oxygens (including phenoxy) is 1. The summed E-state index contributed by atoms with van der Waals surface area (Å²) in [7, 11) is 0. The maximum Gasteiger partial charge on any atom is 0.312 e. The molecule has 0 bridgehead atoms. The maximum absolute atomic E-state index is 13.0. The number of hydrogen-bond donors (Lipinski definition) is 0. The molecular weight excluding hydrogens is 306 g/mol. The van der Waals surface area contributed by atoms with Crippen molar-refractivity contribution >= 4 is 17.7 Å². The molecule has 24 heavy (non-hydrogen) atoms. The van der Waals surface area contributed by atoms with Gasteiger partial charge in [-0.05, 0) is 46.0 Å². The summed E-state index contributed by atoms with van der Waals surface area (Å²) in [6, 6.07) is 0. The van der Waals surface area contributed by atoms with Crippen molar-refractivity contribution in [2.75, 3.05) is 13.1 Å². The van der Waals surface area contributed by atoms with Crippen LogP contribution < -0.4 is 0 Å². The molecule has 1 aliphatic carbocycles. The summed E-state index contributed by atoms with van der Waals surface area (Å²) in [6.07, 6.45) is 2.23. The van der Waals surface area contributed by atoms with Crippen LogP contribution in [0.25, 0.3) is 0 Å². The van der Waals surface area contributed by atoms with Crippen LogP contribution in [0, 0.1) is 16.7 Å². The van der Waals surface area contributed by atoms with E-state index in [0.717, 1.165) is 0 Å². The summed E-state index contributed by atoms with van der Waals surface area (Å²) in [6.45, 7) is 12.5. The molecule has 5 nitrogen and oxygen atoms in total. The van der Waals surface area contributed by atoms with Crippen molar-refractivity contribution in [1.82, 2.24) is 4.90 Å². The minimum Gasteiger partial charge on any atom is -0.460 e. The number of rotatable bonds is 2. The number of ketones is 1. The van der Waals surface area contributed by atoms with E-state index >= 15 is 0 Å². The minimum absolute atomic E-state index is 0.0831. The standard InChI is InChI=1S/C19H31NO4/c1-17(2,3)24-16(23)19(6)10-7-14(18(19,4)5)15(22)20-11-8-13(21)9-12-20/h14H,7-12H2,1-6H3/t14-,19+/m1/s1. The van der Waals surface area contributed by atoms with Crippen LogP contribution in [0.4, 0.5) is 0 Å². The molecule has 0 aromatic carbocycles. The van der Waals surface area contributed by atoms with Crippen LogP contribution in [-0.4, -0.2) is 41.3 Å². The fourth-order valence-electron chi connectivity index (χ4n) is 3.89. The monoisotopic (exact) mass is 337 g/mol. The van der Waals surface area contributed by atoms with Gasteiger partial charge >= 0.3 is 5.97 Å². The molecule has 1 saturated heterocycles. The minimum atomic E-state index is -0.674. The average molecular weight is 337 g/mol. The number of nitrogens with zero attached hydrogens (tertiary/aromatic N) is 1. The predicted molar refractivity (Wildman–Crippen MR) is 91.3 cm³/mol. The number of hydrogen-bond acceptors (Lipinski definition) is 4. The van der Waals surface area contributed by atoms with Crippen LogP contribution in [0.3, 0.4) is 0 Å². The molecule has 136 valence electrons. The van der Waals surface area contributed by atoms with Gasteiger partial charge in [0.25, 0.3) is 0 Å². The molecule has 0 aromatic heterocycles. The fourth-order valence-corrected chi connectivity index (χ4v) is 3.89. The van der Waals surface area contributed by atoms with E-state index in [0.29, 0.717) is 38.8 Å². The number of piperidine rings is 1. The highest BCUT2D eigenvalue weighted by Gasteiger charge is 2.59. The lowest BCUT2D eigenvalue weighted by molar-refractivity contribution is -0.174.